The van der Waals surface area contributed by atoms with Crippen LogP contribution in [-0.2, 0) is 32.9 Å². The largest absolute Gasteiger partial charge is 0.461 e. The van der Waals surface area contributed by atoms with Crippen molar-refractivity contribution < 1.29 is 21.6 Å². The van der Waals surface area contributed by atoms with Gasteiger partial charge in [-0.1, -0.05) is 41.9 Å². The summed E-state index contributed by atoms with van der Waals surface area (Å²) in [5.74, 6) is 1.76. The molecule has 0 amide bonds. The number of benzene rings is 3. The Morgan fingerprint density at radius 1 is 0.875 bits per heavy atom. The number of fused-ring (bicyclic) bond motifs is 1. The zero-order valence-electron chi connectivity index (χ0n) is 22.6. The lowest BCUT2D eigenvalue weighted by Crippen LogP contribution is -2.31. The number of allylic oxidation sites excluding steroid dienone is 1. The van der Waals surface area contributed by atoms with Crippen LogP contribution < -0.4 is 19.5 Å². The molecular formula is C29H34ClN3O5S2. The predicted molar refractivity (Wildman–Crippen MR) is 162 cm³/mol. The normalized spacial score (nSPS) is 15.9. The second kappa shape index (κ2) is 12.6. The number of hydrogen-bond donors (Lipinski definition) is 3. The van der Waals surface area contributed by atoms with Crippen LogP contribution >= 0.6 is 11.6 Å². The van der Waals surface area contributed by atoms with E-state index in [1.54, 1.807) is 12.1 Å². The highest BCUT2D eigenvalue weighted by Crippen LogP contribution is 2.37. The average Bonchev–Trinajstić information content (AvgIpc) is 2.85. The molecule has 1 aliphatic heterocycles. The Morgan fingerprint density at radius 3 is 2.15 bits per heavy atom. The van der Waals surface area contributed by atoms with Gasteiger partial charge in [-0.2, -0.15) is 0 Å². The number of ether oxygens (including phenoxy) is 1. The van der Waals surface area contributed by atoms with Crippen molar-refractivity contribution in [3.8, 4) is 5.75 Å². The smallest absolute Gasteiger partial charge is 0.229 e. The number of hydrogen-bond acceptors (Lipinski definition) is 6. The Balaban J connectivity index is 1.44. The molecule has 1 heterocycles. The summed E-state index contributed by atoms with van der Waals surface area (Å²) in [4.78, 5) is 0. The maximum atomic E-state index is 11.8. The number of aryl methyl sites for hydroxylation is 1. The van der Waals surface area contributed by atoms with E-state index in [2.05, 4.69) is 39.9 Å². The van der Waals surface area contributed by atoms with Gasteiger partial charge in [0, 0.05) is 35.5 Å². The molecule has 4 rings (SSSR count). The Labute approximate surface area is 241 Å². The monoisotopic (exact) mass is 603 g/mol. The third kappa shape index (κ3) is 9.26. The van der Waals surface area contributed by atoms with Gasteiger partial charge in [0.25, 0.3) is 0 Å². The van der Waals surface area contributed by atoms with E-state index in [1.165, 1.54) is 11.6 Å². The van der Waals surface area contributed by atoms with E-state index < -0.39 is 20.0 Å². The molecule has 0 spiro atoms. The molecule has 0 radical (unpaired) electrons. The van der Waals surface area contributed by atoms with Crippen molar-refractivity contribution in [2.24, 2.45) is 0 Å². The van der Waals surface area contributed by atoms with Crippen LogP contribution in [0.25, 0.3) is 0 Å². The molecule has 2 atom stereocenters. The summed E-state index contributed by atoms with van der Waals surface area (Å²) in [6, 6.07) is 20.9. The fourth-order valence-corrected chi connectivity index (χ4v) is 5.92. The maximum Gasteiger partial charge on any atom is 0.229 e. The minimum absolute atomic E-state index is 0.0662. The van der Waals surface area contributed by atoms with E-state index in [1.807, 2.05) is 36.4 Å². The van der Waals surface area contributed by atoms with Crippen molar-refractivity contribution in [3.05, 3.63) is 100 Å². The number of sulfonamides is 2. The van der Waals surface area contributed by atoms with Crippen LogP contribution in [0.4, 0.5) is 11.4 Å². The van der Waals surface area contributed by atoms with Gasteiger partial charge in [0.05, 0.1) is 23.9 Å². The van der Waals surface area contributed by atoms with E-state index in [0.29, 0.717) is 35.8 Å². The zero-order chi connectivity index (χ0) is 28.9. The van der Waals surface area contributed by atoms with Crippen molar-refractivity contribution in [3.63, 3.8) is 0 Å². The minimum Gasteiger partial charge on any atom is -0.461 e. The van der Waals surface area contributed by atoms with Gasteiger partial charge >= 0.3 is 0 Å². The number of nitrogens with one attached hydrogen (secondary N) is 3. The van der Waals surface area contributed by atoms with E-state index in [0.717, 1.165) is 41.6 Å². The van der Waals surface area contributed by atoms with Crippen molar-refractivity contribution >= 4 is 43.0 Å². The molecule has 1 aliphatic rings. The first-order chi connectivity index (χ1) is 18.8. The molecule has 0 bridgehead atoms. The quantitative estimate of drug-likeness (QED) is 0.259. The molecule has 11 heteroatoms. The highest BCUT2D eigenvalue weighted by atomic mass is 35.5. The fraction of sp³-hybridized carbons (Fsp3) is 0.310. The van der Waals surface area contributed by atoms with Gasteiger partial charge in [0.1, 0.15) is 11.5 Å². The SMILES string of the molecule is CC(CCc1cc(NS(C)(=O)=O)cc(NS(C)(=O)=O)c1)NCC1C=C(Cc2ccccc2)Oc2ccc(Cl)cc21. The summed E-state index contributed by atoms with van der Waals surface area (Å²) >= 11 is 6.31. The Hall–Kier alpha value is -3.05. The second-order valence-electron chi connectivity index (χ2n) is 10.2. The maximum absolute atomic E-state index is 11.8. The summed E-state index contributed by atoms with van der Waals surface area (Å²) in [5, 5.41) is 4.26. The van der Waals surface area contributed by atoms with Gasteiger partial charge < -0.3 is 10.1 Å². The van der Waals surface area contributed by atoms with E-state index >= 15 is 0 Å². The summed E-state index contributed by atoms with van der Waals surface area (Å²) < 4.78 is 58.1. The van der Waals surface area contributed by atoms with Gasteiger partial charge in [-0.05, 0) is 73.4 Å². The highest BCUT2D eigenvalue weighted by molar-refractivity contribution is 7.92. The number of rotatable bonds is 12. The standard InChI is InChI=1S/C29H34ClN3O5S2/c1-20(9-10-22-13-25(32-39(2,34)35)18-26(14-22)33-40(3,36)37)31-19-23-16-27(15-21-7-5-4-6-8-21)38-29-12-11-24(30)17-28(23)29/h4-8,11-14,16-18,20,23,31-33H,9-10,15,19H2,1-3H3. The minimum atomic E-state index is -3.52. The Morgan fingerprint density at radius 2 is 1.52 bits per heavy atom. The first-order valence-corrected chi connectivity index (χ1v) is 17.0. The van der Waals surface area contributed by atoms with Gasteiger partial charge in [0.2, 0.25) is 20.0 Å². The summed E-state index contributed by atoms with van der Waals surface area (Å²) in [7, 11) is -7.05. The molecule has 0 aliphatic carbocycles. The summed E-state index contributed by atoms with van der Waals surface area (Å²) in [6.45, 7) is 2.76. The number of anilines is 2. The van der Waals surface area contributed by atoms with Crippen LogP contribution in [0.15, 0.2) is 78.6 Å². The highest BCUT2D eigenvalue weighted by Gasteiger charge is 2.23. The van der Waals surface area contributed by atoms with Crippen LogP contribution in [-0.4, -0.2) is 41.9 Å². The molecule has 3 aromatic rings. The van der Waals surface area contributed by atoms with Gasteiger partial charge in [-0.15, -0.1) is 0 Å². The first kappa shape index (κ1) is 29.9. The number of halogens is 1. The fourth-order valence-electron chi connectivity index (χ4n) is 4.65. The Bertz CT molecular complexity index is 1540. The van der Waals surface area contributed by atoms with Crippen LogP contribution in [0.2, 0.25) is 5.02 Å². The van der Waals surface area contributed by atoms with Crippen molar-refractivity contribution in [1.29, 1.82) is 0 Å². The van der Waals surface area contributed by atoms with Crippen molar-refractivity contribution in [2.75, 3.05) is 28.5 Å². The average molecular weight is 604 g/mol. The topological polar surface area (TPSA) is 114 Å². The van der Waals surface area contributed by atoms with E-state index in [4.69, 9.17) is 16.3 Å². The molecule has 0 saturated carbocycles. The molecule has 0 aromatic heterocycles. The molecule has 40 heavy (non-hydrogen) atoms. The van der Waals surface area contributed by atoms with Crippen molar-refractivity contribution in [1.82, 2.24) is 5.32 Å². The van der Waals surface area contributed by atoms with Crippen LogP contribution in [0, 0.1) is 0 Å². The molecule has 0 saturated heterocycles. The lowest BCUT2D eigenvalue weighted by molar-refractivity contribution is 0.382. The van der Waals surface area contributed by atoms with Crippen LogP contribution in [0.3, 0.4) is 0 Å². The van der Waals surface area contributed by atoms with Gasteiger partial charge in [-0.25, -0.2) is 16.8 Å². The van der Waals surface area contributed by atoms with Crippen molar-refractivity contribution in [2.45, 2.75) is 38.1 Å². The van der Waals surface area contributed by atoms with E-state index in [9.17, 15) is 16.8 Å². The lowest BCUT2D eigenvalue weighted by atomic mass is 9.93. The predicted octanol–water partition coefficient (Wildman–Crippen LogP) is 5.30. The molecular weight excluding hydrogens is 570 g/mol. The van der Waals surface area contributed by atoms with Gasteiger partial charge in [-0.3, -0.25) is 9.44 Å². The lowest BCUT2D eigenvalue weighted by Gasteiger charge is -2.27. The van der Waals surface area contributed by atoms with Crippen LogP contribution in [0.1, 0.15) is 36.0 Å². The third-order valence-corrected chi connectivity index (χ3v) is 7.82. The summed E-state index contributed by atoms with van der Waals surface area (Å²) in [5.41, 5.74) is 3.61. The Kier molecular flexibility index (Phi) is 9.45. The van der Waals surface area contributed by atoms with Crippen LogP contribution in [0.5, 0.6) is 5.75 Å². The third-order valence-electron chi connectivity index (χ3n) is 6.37. The molecule has 3 aromatic carbocycles. The van der Waals surface area contributed by atoms with E-state index in [-0.39, 0.29) is 12.0 Å². The van der Waals surface area contributed by atoms with Gasteiger partial charge in [0.15, 0.2) is 0 Å². The molecule has 8 nitrogen and oxygen atoms in total. The molecule has 3 N–H and O–H groups in total. The molecule has 214 valence electrons. The molecule has 2 unspecified atom stereocenters. The first-order valence-electron chi connectivity index (χ1n) is 12.9. The summed E-state index contributed by atoms with van der Waals surface area (Å²) in [6.07, 6.45) is 6.29. The second-order valence-corrected chi connectivity index (χ2v) is 14.1. The zero-order valence-corrected chi connectivity index (χ0v) is 25.0. The molecule has 0 fully saturated rings.